The molecule has 0 aromatic heterocycles. The maximum Gasteiger partial charge on any atom is 0.309 e. The molecule has 0 N–H and O–H groups in total. The van der Waals surface area contributed by atoms with Crippen molar-refractivity contribution in [2.24, 2.45) is 0 Å². The maximum absolute atomic E-state index is 10.7. The number of hydrogen-bond donors (Lipinski definition) is 0. The quantitative estimate of drug-likeness (QED) is 0.444. The predicted molar refractivity (Wildman–Crippen MR) is 40.4 cm³/mol. The lowest BCUT2D eigenvalue weighted by Gasteiger charge is -1.99. The van der Waals surface area contributed by atoms with Crippen LogP contribution < -0.4 is 0 Å². The van der Waals surface area contributed by atoms with Gasteiger partial charge in [0.05, 0.1) is 18.9 Å². The molecule has 0 aliphatic rings. The Balaban J connectivity index is 3.17. The van der Waals surface area contributed by atoms with Crippen LogP contribution in [0.15, 0.2) is 0 Å². The second-order valence-electron chi connectivity index (χ2n) is 2.07. The number of nitriles is 1. The predicted octanol–water partition coefficient (Wildman–Crippen LogP) is 1.45. The molecule has 61 valence electrons. The molecule has 0 spiro atoms. The van der Waals surface area contributed by atoms with Crippen LogP contribution in [-0.2, 0) is 9.53 Å². The van der Waals surface area contributed by atoms with Gasteiger partial charge in [-0.1, -0.05) is 13.3 Å². The van der Waals surface area contributed by atoms with Crippen molar-refractivity contribution in [2.75, 3.05) is 6.61 Å². The number of hydrogen-bond acceptors (Lipinski definition) is 3. The molecule has 3 nitrogen and oxygen atoms in total. The van der Waals surface area contributed by atoms with Gasteiger partial charge in [0.1, 0.15) is 6.61 Å². The third-order valence-electron chi connectivity index (χ3n) is 1.06. The summed E-state index contributed by atoms with van der Waals surface area (Å²) in [5.41, 5.74) is 0. The summed E-state index contributed by atoms with van der Waals surface area (Å²) in [4.78, 5) is 10.7. The van der Waals surface area contributed by atoms with Crippen LogP contribution in [-0.4, -0.2) is 12.6 Å². The molecule has 0 saturated carbocycles. The minimum absolute atomic E-state index is 0.204. The van der Waals surface area contributed by atoms with E-state index in [1.807, 2.05) is 13.0 Å². The van der Waals surface area contributed by atoms with Gasteiger partial charge in [0.2, 0.25) is 0 Å². The van der Waals surface area contributed by atoms with Crippen molar-refractivity contribution >= 4 is 5.97 Å². The van der Waals surface area contributed by atoms with Crippen LogP contribution in [0.2, 0.25) is 0 Å². The van der Waals surface area contributed by atoms with Gasteiger partial charge in [0.25, 0.3) is 0 Å². The second kappa shape index (κ2) is 7.07. The monoisotopic (exact) mass is 154 g/mol. The second-order valence-corrected chi connectivity index (χ2v) is 2.07. The van der Waals surface area contributed by atoms with Gasteiger partial charge in [-0.15, -0.1) is 0 Å². The lowest BCUT2D eigenvalue weighted by atomic mass is 10.2. The summed E-state index contributed by atoms with van der Waals surface area (Å²) in [5, 5.41) is 8.10. The molecule has 0 rings (SSSR count). The normalized spacial score (nSPS) is 8.73. The SMILES string of the molecule is CCC[CH]C(=O)OCCC#N. The highest BCUT2D eigenvalue weighted by atomic mass is 16.5. The number of carbonyl (C=O) groups excluding carboxylic acids is 1. The average molecular weight is 154 g/mol. The van der Waals surface area contributed by atoms with Crippen LogP contribution in [0.5, 0.6) is 0 Å². The third-order valence-corrected chi connectivity index (χ3v) is 1.06. The fourth-order valence-corrected chi connectivity index (χ4v) is 0.518. The molecule has 0 fully saturated rings. The van der Waals surface area contributed by atoms with Crippen molar-refractivity contribution in [3.63, 3.8) is 0 Å². The summed E-state index contributed by atoms with van der Waals surface area (Å²) in [6.45, 7) is 2.19. The number of nitrogens with zero attached hydrogens (tertiary/aromatic N) is 1. The summed E-state index contributed by atoms with van der Waals surface area (Å²) in [5.74, 6) is -0.317. The number of ether oxygens (including phenoxy) is 1. The van der Waals surface area contributed by atoms with Crippen molar-refractivity contribution in [2.45, 2.75) is 26.2 Å². The molecule has 0 amide bonds. The Morgan fingerprint density at radius 3 is 3.00 bits per heavy atom. The number of carbonyl (C=O) groups is 1. The topological polar surface area (TPSA) is 50.1 Å². The Bertz CT molecular complexity index is 149. The van der Waals surface area contributed by atoms with Gasteiger partial charge < -0.3 is 4.74 Å². The summed E-state index contributed by atoms with van der Waals surface area (Å²) in [6, 6.07) is 1.89. The van der Waals surface area contributed by atoms with Crippen molar-refractivity contribution < 1.29 is 9.53 Å². The minimum Gasteiger partial charge on any atom is -0.464 e. The van der Waals surface area contributed by atoms with Crippen molar-refractivity contribution in [1.29, 1.82) is 5.26 Å². The first-order valence-corrected chi connectivity index (χ1v) is 3.68. The Labute approximate surface area is 67.0 Å². The van der Waals surface area contributed by atoms with E-state index in [0.717, 1.165) is 12.8 Å². The van der Waals surface area contributed by atoms with Crippen molar-refractivity contribution in [1.82, 2.24) is 0 Å². The maximum atomic E-state index is 10.7. The smallest absolute Gasteiger partial charge is 0.309 e. The Kier molecular flexibility index (Phi) is 6.40. The van der Waals surface area contributed by atoms with E-state index in [0.29, 0.717) is 0 Å². The van der Waals surface area contributed by atoms with Gasteiger partial charge in [-0.3, -0.25) is 4.79 Å². The molecule has 0 bridgehead atoms. The highest BCUT2D eigenvalue weighted by Crippen LogP contribution is 1.95. The van der Waals surface area contributed by atoms with E-state index < -0.39 is 0 Å². The molecule has 0 unspecified atom stereocenters. The first-order valence-electron chi connectivity index (χ1n) is 3.68. The molecular formula is C8H12NO2. The zero-order chi connectivity index (χ0) is 8.53. The van der Waals surface area contributed by atoms with Crippen LogP contribution in [0.1, 0.15) is 26.2 Å². The standard InChI is InChI=1S/C8H12NO2/c1-2-3-5-8(10)11-7-4-6-9/h5H,2-4,7H2,1H3. The van der Waals surface area contributed by atoms with E-state index in [4.69, 9.17) is 5.26 Å². The lowest BCUT2D eigenvalue weighted by molar-refractivity contribution is -0.139. The highest BCUT2D eigenvalue weighted by molar-refractivity contribution is 5.78. The van der Waals surface area contributed by atoms with Crippen LogP contribution in [0.3, 0.4) is 0 Å². The van der Waals surface area contributed by atoms with Crippen LogP contribution in [0.25, 0.3) is 0 Å². The van der Waals surface area contributed by atoms with Crippen molar-refractivity contribution in [3.05, 3.63) is 6.42 Å². The van der Waals surface area contributed by atoms with Gasteiger partial charge in [0.15, 0.2) is 0 Å². The van der Waals surface area contributed by atoms with Gasteiger partial charge in [-0.2, -0.15) is 5.26 Å². The fraction of sp³-hybridized carbons (Fsp3) is 0.625. The highest BCUT2D eigenvalue weighted by Gasteiger charge is 2.00. The number of unbranched alkanes of at least 4 members (excludes halogenated alkanes) is 1. The molecule has 0 aliphatic carbocycles. The van der Waals surface area contributed by atoms with E-state index in [9.17, 15) is 4.79 Å². The van der Waals surface area contributed by atoms with Crippen LogP contribution >= 0.6 is 0 Å². The first-order chi connectivity index (χ1) is 5.31. The molecule has 0 aliphatic heterocycles. The molecule has 0 aromatic rings. The third kappa shape index (κ3) is 6.85. The lowest BCUT2D eigenvalue weighted by Crippen LogP contribution is -2.05. The van der Waals surface area contributed by atoms with E-state index >= 15 is 0 Å². The Morgan fingerprint density at radius 1 is 1.73 bits per heavy atom. The van der Waals surface area contributed by atoms with Crippen LogP contribution in [0.4, 0.5) is 0 Å². The molecule has 1 radical (unpaired) electrons. The van der Waals surface area contributed by atoms with E-state index in [1.165, 1.54) is 6.42 Å². The average Bonchev–Trinajstić information content (AvgIpc) is 2.01. The van der Waals surface area contributed by atoms with Gasteiger partial charge >= 0.3 is 5.97 Å². The summed E-state index contributed by atoms with van der Waals surface area (Å²) in [7, 11) is 0. The van der Waals surface area contributed by atoms with Gasteiger partial charge in [0, 0.05) is 0 Å². The first kappa shape index (κ1) is 9.96. The van der Waals surface area contributed by atoms with E-state index in [2.05, 4.69) is 4.74 Å². The molecule has 3 heteroatoms. The molecule has 0 saturated heterocycles. The molecular weight excluding hydrogens is 142 g/mol. The fourth-order valence-electron chi connectivity index (χ4n) is 0.518. The molecule has 11 heavy (non-hydrogen) atoms. The van der Waals surface area contributed by atoms with Crippen molar-refractivity contribution in [3.8, 4) is 6.07 Å². The summed E-state index contributed by atoms with van der Waals surface area (Å²) >= 11 is 0. The molecule has 0 atom stereocenters. The molecule has 0 heterocycles. The van der Waals surface area contributed by atoms with Gasteiger partial charge in [-0.25, -0.2) is 0 Å². The largest absolute Gasteiger partial charge is 0.464 e. The minimum atomic E-state index is -0.317. The number of esters is 1. The Morgan fingerprint density at radius 2 is 2.45 bits per heavy atom. The van der Waals surface area contributed by atoms with E-state index in [1.54, 1.807) is 0 Å². The van der Waals surface area contributed by atoms with E-state index in [-0.39, 0.29) is 19.0 Å². The summed E-state index contributed by atoms with van der Waals surface area (Å²) in [6.07, 6.45) is 3.45. The Hall–Kier alpha value is -1.04. The zero-order valence-electron chi connectivity index (χ0n) is 6.67. The van der Waals surface area contributed by atoms with Crippen LogP contribution in [0, 0.1) is 17.8 Å². The summed E-state index contributed by atoms with van der Waals surface area (Å²) < 4.78 is 4.67. The molecule has 0 aromatic carbocycles. The zero-order valence-corrected chi connectivity index (χ0v) is 6.67. The number of rotatable bonds is 5. The van der Waals surface area contributed by atoms with Gasteiger partial charge in [-0.05, 0) is 6.42 Å².